The van der Waals surface area contributed by atoms with Crippen molar-refractivity contribution >= 4 is 6.20 Å². The zero-order chi connectivity index (χ0) is 6.97. The van der Waals surface area contributed by atoms with Gasteiger partial charge in [-0.1, -0.05) is 0 Å². The van der Waals surface area contributed by atoms with Gasteiger partial charge in [0.1, 0.15) is 0 Å². The third-order valence-electron chi connectivity index (χ3n) is 1.31. The zero-order valence-corrected chi connectivity index (χ0v) is 4.83. The van der Waals surface area contributed by atoms with E-state index in [4.69, 9.17) is 1.37 Å². The fourth-order valence-corrected chi connectivity index (χ4v) is 0.844. The molecule has 0 aromatic carbocycles. The Morgan fingerprint density at radius 1 is 1.89 bits per heavy atom. The van der Waals surface area contributed by atoms with E-state index >= 15 is 0 Å². The zero-order valence-electron chi connectivity index (χ0n) is 5.83. The molecule has 1 aromatic rings. The second kappa shape index (κ2) is 1.62. The van der Waals surface area contributed by atoms with Gasteiger partial charge in [-0.3, -0.25) is 0 Å². The van der Waals surface area contributed by atoms with Gasteiger partial charge in [0.25, 0.3) is 0 Å². The Hall–Kier alpha value is -1.25. The fourth-order valence-electron chi connectivity index (χ4n) is 0.844. The first-order valence-electron chi connectivity index (χ1n) is 3.31. The van der Waals surface area contributed by atoms with Gasteiger partial charge in [-0.05, 0) is 6.07 Å². The normalized spacial score (nSPS) is 16.2. The Bertz CT molecular complexity index is 277. The average Bonchev–Trinajstić information content (AvgIpc) is 2.27. The summed E-state index contributed by atoms with van der Waals surface area (Å²) in [6.45, 7) is 0.766. The number of hydrogen-bond acceptors (Lipinski definition) is 2. The summed E-state index contributed by atoms with van der Waals surface area (Å²) in [7, 11) is 0. The van der Waals surface area contributed by atoms with E-state index in [-0.39, 0.29) is 0 Å². The molecule has 0 saturated carbocycles. The summed E-state index contributed by atoms with van der Waals surface area (Å²) in [5, 5.41) is 6.94. The van der Waals surface area contributed by atoms with Gasteiger partial charge in [0, 0.05) is 18.6 Å². The first-order chi connectivity index (χ1) is 4.86. The highest BCUT2D eigenvalue weighted by Crippen LogP contribution is 2.01. The summed E-state index contributed by atoms with van der Waals surface area (Å²) < 4.78 is 8.90. The second-order valence-electron chi connectivity index (χ2n) is 1.91. The molecule has 0 unspecified atom stereocenters. The number of aromatic nitrogens is 2. The van der Waals surface area contributed by atoms with Crippen LogP contribution in [0.5, 0.6) is 0 Å². The van der Waals surface area contributed by atoms with Crippen molar-refractivity contribution in [2.75, 3.05) is 0 Å². The van der Waals surface area contributed by atoms with Crippen LogP contribution in [0.25, 0.3) is 6.20 Å². The van der Waals surface area contributed by atoms with Gasteiger partial charge < -0.3 is 5.32 Å². The van der Waals surface area contributed by atoms with Gasteiger partial charge in [0.2, 0.25) is 0 Å². The minimum Gasteiger partial charge on any atom is -0.384 e. The van der Waals surface area contributed by atoms with E-state index in [0.29, 0.717) is 6.17 Å². The minimum absolute atomic E-state index is 0.323. The second-order valence-corrected chi connectivity index (χ2v) is 1.91. The van der Waals surface area contributed by atoms with Gasteiger partial charge in [-0.25, -0.2) is 4.68 Å². The van der Waals surface area contributed by atoms with Crippen molar-refractivity contribution in [2.24, 2.45) is 0 Å². The van der Waals surface area contributed by atoms with Gasteiger partial charge in [0.05, 0.1) is 13.6 Å². The van der Waals surface area contributed by atoms with Crippen LogP contribution >= 0.6 is 0 Å². The lowest BCUT2D eigenvalue weighted by molar-refractivity contribution is 0.743. The van der Waals surface area contributed by atoms with E-state index in [1.54, 1.807) is 16.9 Å². The Balaban J connectivity index is 2.53. The Labute approximate surface area is 54.4 Å². The summed E-state index contributed by atoms with van der Waals surface area (Å²) >= 11 is 0. The number of rotatable bonds is 0. The Kier molecular flexibility index (Phi) is 0.667. The molecule has 0 amide bonds. The monoisotopic (exact) mass is 122 g/mol. The van der Waals surface area contributed by atoms with Gasteiger partial charge >= 0.3 is 0 Å². The van der Waals surface area contributed by atoms with E-state index in [1.165, 1.54) is 0 Å². The summed E-state index contributed by atoms with van der Waals surface area (Å²) in [5.41, 5.74) is 1.03. The topological polar surface area (TPSA) is 29.9 Å². The third kappa shape index (κ3) is 0.614. The van der Waals surface area contributed by atoms with Crippen molar-refractivity contribution in [3.63, 3.8) is 0 Å². The van der Waals surface area contributed by atoms with Gasteiger partial charge in [0.15, 0.2) is 0 Å². The maximum absolute atomic E-state index is 7.20. The lowest BCUT2D eigenvalue weighted by Crippen LogP contribution is -2.13. The van der Waals surface area contributed by atoms with Crippen LogP contribution in [0.3, 0.4) is 0 Å². The largest absolute Gasteiger partial charge is 0.384 e. The van der Waals surface area contributed by atoms with E-state index in [9.17, 15) is 0 Å². The molecule has 2 heterocycles. The van der Waals surface area contributed by atoms with Crippen LogP contribution < -0.4 is 5.32 Å². The molecule has 0 fully saturated rings. The number of nitrogens with one attached hydrogen (secondary N) is 1. The molecule has 1 aliphatic heterocycles. The SMILES string of the molecule is [2H]c1cc2n(n1)C=CNC2. The molecule has 9 heavy (non-hydrogen) atoms. The van der Waals surface area contributed by atoms with Gasteiger partial charge in [-0.15, -0.1) is 0 Å². The Morgan fingerprint density at radius 2 is 2.89 bits per heavy atom. The van der Waals surface area contributed by atoms with E-state index in [1.807, 2.05) is 6.20 Å². The molecule has 1 aromatic heterocycles. The van der Waals surface area contributed by atoms with Crippen LogP contribution in [-0.2, 0) is 6.54 Å². The maximum Gasteiger partial charge on any atom is 0.0860 e. The molecule has 3 heteroatoms. The van der Waals surface area contributed by atoms with Crippen molar-refractivity contribution in [2.45, 2.75) is 6.54 Å². The fraction of sp³-hybridized carbons (Fsp3) is 0.167. The number of nitrogens with zero attached hydrogens (tertiary/aromatic N) is 2. The van der Waals surface area contributed by atoms with Crippen LogP contribution in [0.1, 0.15) is 7.06 Å². The molecule has 0 spiro atoms. The van der Waals surface area contributed by atoms with Crippen molar-refractivity contribution in [3.8, 4) is 0 Å². The highest BCUT2D eigenvalue weighted by atomic mass is 15.3. The van der Waals surface area contributed by atoms with E-state index < -0.39 is 0 Å². The van der Waals surface area contributed by atoms with Crippen molar-refractivity contribution in [3.05, 3.63) is 24.1 Å². The standard InChI is InChI=1S/C6H7N3/c1-2-8-9-4-3-7-5-6(1)9/h1-4,7H,5H2/i2D. The Morgan fingerprint density at radius 3 is 3.78 bits per heavy atom. The smallest absolute Gasteiger partial charge is 0.0860 e. The van der Waals surface area contributed by atoms with E-state index in [2.05, 4.69) is 10.4 Å². The highest BCUT2D eigenvalue weighted by Gasteiger charge is 2.00. The minimum atomic E-state index is 0.323. The molecule has 2 rings (SSSR count). The maximum atomic E-state index is 7.20. The van der Waals surface area contributed by atoms with Crippen LogP contribution in [0, 0.1) is 0 Å². The van der Waals surface area contributed by atoms with E-state index in [0.717, 1.165) is 12.2 Å². The lowest BCUT2D eigenvalue weighted by Gasteiger charge is -2.07. The number of fused-ring (bicyclic) bond motifs is 1. The molecular weight excluding hydrogens is 114 g/mol. The van der Waals surface area contributed by atoms with Crippen LogP contribution in [0.15, 0.2) is 18.4 Å². The summed E-state index contributed by atoms with van der Waals surface area (Å²) in [4.78, 5) is 0. The molecule has 3 nitrogen and oxygen atoms in total. The van der Waals surface area contributed by atoms with Crippen molar-refractivity contribution in [1.29, 1.82) is 0 Å². The first kappa shape index (κ1) is 3.71. The molecule has 1 aliphatic rings. The summed E-state index contributed by atoms with van der Waals surface area (Å²) in [5.74, 6) is 0. The van der Waals surface area contributed by atoms with Crippen LogP contribution in [0.4, 0.5) is 0 Å². The molecule has 0 saturated heterocycles. The molecule has 0 aliphatic carbocycles. The third-order valence-corrected chi connectivity index (χ3v) is 1.31. The van der Waals surface area contributed by atoms with Crippen molar-refractivity contribution < 1.29 is 1.37 Å². The molecule has 46 valence electrons. The lowest BCUT2D eigenvalue weighted by atomic mass is 10.4. The van der Waals surface area contributed by atoms with Gasteiger partial charge in [-0.2, -0.15) is 5.10 Å². The molecular formula is C6H7N3. The van der Waals surface area contributed by atoms with Crippen molar-refractivity contribution in [1.82, 2.24) is 15.1 Å². The summed E-state index contributed by atoms with van der Waals surface area (Å²) in [6.07, 6.45) is 3.94. The van der Waals surface area contributed by atoms with Crippen LogP contribution in [0.2, 0.25) is 0 Å². The first-order valence-corrected chi connectivity index (χ1v) is 2.81. The van der Waals surface area contributed by atoms with Crippen LogP contribution in [-0.4, -0.2) is 9.78 Å². The molecule has 0 radical (unpaired) electrons. The molecule has 0 bridgehead atoms. The number of hydrogen-bond donors (Lipinski definition) is 1. The highest BCUT2D eigenvalue weighted by molar-refractivity contribution is 5.26. The molecule has 1 N–H and O–H groups in total. The summed E-state index contributed by atoms with van der Waals surface area (Å²) in [6, 6.07) is 1.75. The predicted octanol–water partition coefficient (Wildman–Crippen LogP) is 0.415. The quantitative estimate of drug-likeness (QED) is 0.540. The average molecular weight is 122 g/mol. The predicted molar refractivity (Wildman–Crippen MR) is 34.4 cm³/mol. The molecule has 0 atom stereocenters.